The van der Waals surface area contributed by atoms with Crippen LogP contribution >= 0.6 is 0 Å². The predicted molar refractivity (Wildman–Crippen MR) is 117 cm³/mol. The molecule has 29 heavy (non-hydrogen) atoms. The summed E-state index contributed by atoms with van der Waals surface area (Å²) in [5, 5.41) is 6.07. The van der Waals surface area contributed by atoms with Gasteiger partial charge >= 0.3 is 0 Å². The van der Waals surface area contributed by atoms with Gasteiger partial charge in [-0.25, -0.2) is 0 Å². The molecule has 1 heterocycles. The van der Waals surface area contributed by atoms with Gasteiger partial charge in [0.2, 0.25) is 11.8 Å². The number of benzene rings is 2. The summed E-state index contributed by atoms with van der Waals surface area (Å²) in [5.41, 5.74) is 3.21. The van der Waals surface area contributed by atoms with Gasteiger partial charge in [-0.05, 0) is 56.0 Å². The number of rotatable bonds is 7. The Hall–Kier alpha value is -2.66. The quantitative estimate of drug-likeness (QED) is 0.753. The molecule has 2 atom stereocenters. The van der Waals surface area contributed by atoms with Crippen LogP contribution in [0.5, 0.6) is 0 Å². The van der Waals surface area contributed by atoms with Crippen LogP contribution in [0.2, 0.25) is 0 Å². The normalized spacial score (nSPS) is 18.1. The van der Waals surface area contributed by atoms with Crippen LogP contribution in [-0.2, 0) is 16.0 Å². The van der Waals surface area contributed by atoms with Gasteiger partial charge in [0.05, 0.1) is 18.5 Å². The van der Waals surface area contributed by atoms with E-state index in [-0.39, 0.29) is 23.8 Å². The molecule has 2 aromatic carbocycles. The number of anilines is 1. The van der Waals surface area contributed by atoms with Gasteiger partial charge in [-0.2, -0.15) is 0 Å². The topological polar surface area (TPSA) is 61.4 Å². The van der Waals surface area contributed by atoms with E-state index in [1.54, 1.807) is 0 Å². The molecule has 154 valence electrons. The number of aryl methyl sites for hydroxylation is 1. The number of hydrogen-bond acceptors (Lipinski definition) is 3. The molecule has 0 radical (unpaired) electrons. The lowest BCUT2D eigenvalue weighted by molar-refractivity contribution is -0.126. The largest absolute Gasteiger partial charge is 0.348 e. The molecule has 2 N–H and O–H groups in total. The Morgan fingerprint density at radius 2 is 1.83 bits per heavy atom. The van der Waals surface area contributed by atoms with Crippen LogP contribution < -0.4 is 10.6 Å². The fourth-order valence-electron chi connectivity index (χ4n) is 3.79. The lowest BCUT2D eigenvalue weighted by Gasteiger charge is -2.31. The highest BCUT2D eigenvalue weighted by atomic mass is 16.2. The Morgan fingerprint density at radius 3 is 2.52 bits per heavy atom. The zero-order valence-corrected chi connectivity index (χ0v) is 17.4. The molecule has 1 aliphatic heterocycles. The van der Waals surface area contributed by atoms with Crippen LogP contribution in [0.1, 0.15) is 43.9 Å². The summed E-state index contributed by atoms with van der Waals surface area (Å²) in [6.45, 7) is 5.93. The first-order valence-corrected chi connectivity index (χ1v) is 10.5. The average Bonchev–Trinajstić information content (AvgIpc) is 2.74. The average molecular weight is 394 g/mol. The molecule has 0 aromatic heterocycles. The maximum Gasteiger partial charge on any atom is 0.234 e. The first-order chi connectivity index (χ1) is 14.0. The lowest BCUT2D eigenvalue weighted by atomic mass is 9.97. The highest BCUT2D eigenvalue weighted by Gasteiger charge is 2.27. The third-order valence-corrected chi connectivity index (χ3v) is 5.55. The van der Waals surface area contributed by atoms with Gasteiger partial charge in [0, 0.05) is 12.2 Å². The first-order valence-electron chi connectivity index (χ1n) is 10.5. The summed E-state index contributed by atoms with van der Waals surface area (Å²) in [7, 11) is 0. The third-order valence-electron chi connectivity index (χ3n) is 5.55. The van der Waals surface area contributed by atoms with Crippen LogP contribution in [-0.4, -0.2) is 36.3 Å². The van der Waals surface area contributed by atoms with E-state index in [9.17, 15) is 9.59 Å². The van der Waals surface area contributed by atoms with Crippen LogP contribution in [0.15, 0.2) is 54.6 Å². The van der Waals surface area contributed by atoms with Gasteiger partial charge < -0.3 is 10.6 Å². The minimum atomic E-state index is -0.0873. The molecule has 2 amide bonds. The SMILES string of the molecule is CCc1ccc(C(C)NC(=O)CN2CCCC(C(=O)Nc3ccccc3)C2)cc1. The molecule has 0 bridgehead atoms. The van der Waals surface area contributed by atoms with E-state index in [1.807, 2.05) is 37.3 Å². The molecule has 0 aliphatic carbocycles. The zero-order valence-electron chi connectivity index (χ0n) is 17.4. The van der Waals surface area contributed by atoms with E-state index in [0.29, 0.717) is 13.1 Å². The molecule has 5 nitrogen and oxygen atoms in total. The Labute approximate surface area is 173 Å². The van der Waals surface area contributed by atoms with E-state index in [4.69, 9.17) is 0 Å². The number of nitrogens with zero attached hydrogens (tertiary/aromatic N) is 1. The molecular weight excluding hydrogens is 362 g/mol. The second-order valence-electron chi connectivity index (χ2n) is 7.81. The van der Waals surface area contributed by atoms with E-state index in [1.165, 1.54) is 5.56 Å². The van der Waals surface area contributed by atoms with Crippen molar-refractivity contribution in [3.8, 4) is 0 Å². The van der Waals surface area contributed by atoms with Crippen molar-refractivity contribution in [3.05, 3.63) is 65.7 Å². The fraction of sp³-hybridized carbons (Fsp3) is 0.417. The Balaban J connectivity index is 1.48. The first kappa shape index (κ1) is 21.1. The van der Waals surface area contributed by atoms with Crippen molar-refractivity contribution >= 4 is 17.5 Å². The molecule has 2 aromatic rings. The van der Waals surface area contributed by atoms with Crippen LogP contribution in [0.25, 0.3) is 0 Å². The van der Waals surface area contributed by atoms with Crippen LogP contribution in [0.4, 0.5) is 5.69 Å². The maximum atomic E-state index is 12.6. The van der Waals surface area contributed by atoms with Crippen molar-refractivity contribution in [1.29, 1.82) is 0 Å². The minimum absolute atomic E-state index is 0.00110. The summed E-state index contributed by atoms with van der Waals surface area (Å²) < 4.78 is 0. The molecule has 1 aliphatic rings. The molecule has 2 unspecified atom stereocenters. The maximum absolute atomic E-state index is 12.6. The monoisotopic (exact) mass is 393 g/mol. The summed E-state index contributed by atoms with van der Waals surface area (Å²) in [5.74, 6) is -0.0531. The fourth-order valence-corrected chi connectivity index (χ4v) is 3.79. The Kier molecular flexibility index (Phi) is 7.42. The minimum Gasteiger partial charge on any atom is -0.348 e. The van der Waals surface area contributed by atoms with Gasteiger partial charge in [0.25, 0.3) is 0 Å². The van der Waals surface area contributed by atoms with E-state index in [2.05, 4.69) is 46.7 Å². The number of para-hydroxylation sites is 1. The zero-order chi connectivity index (χ0) is 20.6. The molecule has 3 rings (SSSR count). The summed E-state index contributed by atoms with van der Waals surface area (Å²) in [6.07, 6.45) is 2.79. The summed E-state index contributed by atoms with van der Waals surface area (Å²) in [6, 6.07) is 17.9. The smallest absolute Gasteiger partial charge is 0.234 e. The van der Waals surface area contributed by atoms with Crippen LogP contribution in [0, 0.1) is 5.92 Å². The van der Waals surface area contributed by atoms with E-state index < -0.39 is 0 Å². The van der Waals surface area contributed by atoms with Crippen molar-refractivity contribution < 1.29 is 9.59 Å². The van der Waals surface area contributed by atoms with Crippen molar-refractivity contribution in [2.24, 2.45) is 5.92 Å². The standard InChI is InChI=1S/C24H31N3O2/c1-3-19-11-13-20(14-12-19)18(2)25-23(28)17-27-15-7-8-21(16-27)24(29)26-22-9-5-4-6-10-22/h4-6,9-14,18,21H,3,7-8,15-17H2,1-2H3,(H,25,28)(H,26,29). The Bertz CT molecular complexity index is 805. The lowest BCUT2D eigenvalue weighted by Crippen LogP contribution is -2.45. The molecule has 0 saturated carbocycles. The summed E-state index contributed by atoms with van der Waals surface area (Å²) >= 11 is 0. The van der Waals surface area contributed by atoms with Crippen molar-refractivity contribution in [2.75, 3.05) is 25.0 Å². The van der Waals surface area contributed by atoms with Gasteiger partial charge in [-0.1, -0.05) is 49.4 Å². The second-order valence-corrected chi connectivity index (χ2v) is 7.81. The third kappa shape index (κ3) is 6.16. The number of nitrogens with one attached hydrogen (secondary N) is 2. The molecular formula is C24H31N3O2. The van der Waals surface area contributed by atoms with E-state index in [0.717, 1.165) is 37.1 Å². The van der Waals surface area contributed by atoms with Crippen molar-refractivity contribution in [2.45, 2.75) is 39.2 Å². The van der Waals surface area contributed by atoms with Gasteiger partial charge in [0.1, 0.15) is 0 Å². The van der Waals surface area contributed by atoms with Crippen LogP contribution in [0.3, 0.4) is 0 Å². The number of likely N-dealkylation sites (tertiary alicyclic amines) is 1. The van der Waals surface area contributed by atoms with Crippen molar-refractivity contribution in [1.82, 2.24) is 10.2 Å². The highest BCUT2D eigenvalue weighted by Crippen LogP contribution is 2.19. The van der Waals surface area contributed by atoms with E-state index >= 15 is 0 Å². The molecule has 1 fully saturated rings. The number of hydrogen-bond donors (Lipinski definition) is 2. The molecule has 5 heteroatoms. The Morgan fingerprint density at radius 1 is 1.10 bits per heavy atom. The number of carbonyl (C=O) groups excluding carboxylic acids is 2. The number of piperidine rings is 1. The van der Waals surface area contributed by atoms with Gasteiger partial charge in [-0.15, -0.1) is 0 Å². The molecule has 1 saturated heterocycles. The van der Waals surface area contributed by atoms with Gasteiger partial charge in [0.15, 0.2) is 0 Å². The molecule has 0 spiro atoms. The number of carbonyl (C=O) groups is 2. The van der Waals surface area contributed by atoms with Crippen molar-refractivity contribution in [3.63, 3.8) is 0 Å². The predicted octanol–water partition coefficient (Wildman–Crippen LogP) is 3.78. The second kappa shape index (κ2) is 10.2. The summed E-state index contributed by atoms with van der Waals surface area (Å²) in [4.78, 5) is 27.2. The highest BCUT2D eigenvalue weighted by molar-refractivity contribution is 5.92. The van der Waals surface area contributed by atoms with Gasteiger partial charge in [-0.3, -0.25) is 14.5 Å². The number of amides is 2.